The first-order valence-electron chi connectivity index (χ1n) is 15.1. The number of ether oxygens (including phenoxy) is 2. The molecule has 1 aromatic heterocycles. The zero-order valence-corrected chi connectivity index (χ0v) is 29.5. The van der Waals surface area contributed by atoms with Gasteiger partial charge in [-0.1, -0.05) is 71.1 Å². The maximum atomic E-state index is 14.0. The first kappa shape index (κ1) is 36.8. The summed E-state index contributed by atoms with van der Waals surface area (Å²) in [5.74, 6) is -0.736. The molecule has 48 heavy (non-hydrogen) atoms. The molecule has 0 radical (unpaired) electrons. The van der Waals surface area contributed by atoms with Gasteiger partial charge in [-0.2, -0.15) is 0 Å². The van der Waals surface area contributed by atoms with Crippen molar-refractivity contribution < 1.29 is 28.2 Å². The highest BCUT2D eigenvalue weighted by molar-refractivity contribution is 8.01. The predicted octanol–water partition coefficient (Wildman–Crippen LogP) is 7.15. The van der Waals surface area contributed by atoms with Crippen LogP contribution in [0.1, 0.15) is 54.6 Å². The summed E-state index contributed by atoms with van der Waals surface area (Å²) in [7, 11) is 0. The summed E-state index contributed by atoms with van der Waals surface area (Å²) >= 11 is 8.81. The van der Waals surface area contributed by atoms with E-state index in [0.29, 0.717) is 44.2 Å². The van der Waals surface area contributed by atoms with Gasteiger partial charge in [0.2, 0.25) is 11.8 Å². The van der Waals surface area contributed by atoms with E-state index in [1.165, 1.54) is 17.4 Å². The lowest BCUT2D eigenvalue weighted by atomic mass is 10.1. The number of carbonyl (C=O) groups excluding carboxylic acids is 3. The highest BCUT2D eigenvalue weighted by Gasteiger charge is 2.30. The Kier molecular flexibility index (Phi) is 12.9. The molecule has 2 atom stereocenters. The smallest absolute Gasteiger partial charge is 0.407 e. The minimum atomic E-state index is -0.976. The Balaban J connectivity index is 1.51. The van der Waals surface area contributed by atoms with Gasteiger partial charge in [-0.05, 0) is 82.5 Å². The van der Waals surface area contributed by atoms with Gasteiger partial charge in [-0.15, -0.1) is 10.2 Å². The molecule has 10 nitrogen and oxygen atoms in total. The number of carbonyl (C=O) groups is 3. The van der Waals surface area contributed by atoms with Crippen LogP contribution in [0.15, 0.2) is 71.1 Å². The predicted molar refractivity (Wildman–Crippen MR) is 185 cm³/mol. The molecule has 0 saturated carbocycles. The molecule has 0 spiro atoms. The van der Waals surface area contributed by atoms with Crippen LogP contribution < -0.4 is 20.7 Å². The maximum Gasteiger partial charge on any atom is 0.407 e. The fourth-order valence-corrected chi connectivity index (χ4v) is 6.54. The highest BCUT2D eigenvalue weighted by atomic mass is 35.5. The van der Waals surface area contributed by atoms with Gasteiger partial charge in [-0.25, -0.2) is 9.18 Å². The molecule has 3 N–H and O–H groups in total. The van der Waals surface area contributed by atoms with Crippen LogP contribution >= 0.6 is 34.7 Å². The molecular weight excluding hydrogens is 677 g/mol. The number of halogens is 2. The molecule has 4 aromatic rings. The average molecular weight is 714 g/mol. The molecule has 0 aliphatic rings. The third-order valence-electron chi connectivity index (χ3n) is 6.63. The van der Waals surface area contributed by atoms with E-state index in [1.807, 2.05) is 6.07 Å². The van der Waals surface area contributed by atoms with Gasteiger partial charge in [0.1, 0.15) is 33.2 Å². The number of rotatable bonds is 13. The van der Waals surface area contributed by atoms with Crippen molar-refractivity contribution >= 4 is 52.6 Å². The Labute approximate surface area is 292 Å². The van der Waals surface area contributed by atoms with Crippen LogP contribution in [0.5, 0.6) is 11.5 Å². The first-order valence-corrected chi connectivity index (χ1v) is 17.2. The van der Waals surface area contributed by atoms with Crippen LogP contribution in [0.3, 0.4) is 0 Å². The van der Waals surface area contributed by atoms with Crippen LogP contribution in [0.25, 0.3) is 0 Å². The molecule has 4 rings (SSSR count). The summed E-state index contributed by atoms with van der Waals surface area (Å²) in [6.07, 6.45) is -0.176. The van der Waals surface area contributed by atoms with Crippen LogP contribution in [-0.2, 0) is 27.3 Å². The Bertz CT molecular complexity index is 1750. The minimum Gasteiger partial charge on any atom is -0.457 e. The molecule has 2 unspecified atom stereocenters. The maximum absolute atomic E-state index is 14.0. The zero-order valence-electron chi connectivity index (χ0n) is 27.1. The lowest BCUT2D eigenvalue weighted by molar-refractivity contribution is -0.131. The lowest BCUT2D eigenvalue weighted by Gasteiger charge is -2.21. The van der Waals surface area contributed by atoms with Gasteiger partial charge in [0, 0.05) is 23.7 Å². The van der Waals surface area contributed by atoms with E-state index in [2.05, 4.69) is 26.1 Å². The number of amides is 3. The summed E-state index contributed by atoms with van der Waals surface area (Å²) < 4.78 is 26.1. The van der Waals surface area contributed by atoms with Crippen molar-refractivity contribution in [3.63, 3.8) is 0 Å². The van der Waals surface area contributed by atoms with Gasteiger partial charge < -0.3 is 20.1 Å². The Morgan fingerprint density at radius 3 is 2.50 bits per heavy atom. The van der Waals surface area contributed by atoms with E-state index in [0.717, 1.165) is 17.3 Å². The number of alkyl carbamates (subject to hydrolysis) is 1. The van der Waals surface area contributed by atoms with Crippen molar-refractivity contribution in [2.24, 2.45) is 0 Å². The van der Waals surface area contributed by atoms with Crippen molar-refractivity contribution in [1.29, 1.82) is 0 Å². The number of imide groups is 1. The lowest BCUT2D eigenvalue weighted by Crippen LogP contribution is -2.46. The monoisotopic (exact) mass is 713 g/mol. The number of benzene rings is 3. The van der Waals surface area contributed by atoms with Gasteiger partial charge in [0.05, 0.1) is 6.04 Å². The SMILES string of the molecule is Cc1nnc(SC(C(=O)NC(=O)C(C)NCCc2ccccc2F)c2ccc(Cl)cc2Oc2cccc(CNC(=O)OC(C)(C)C)c2)s1. The standard InChI is InChI=1S/C34H37ClFN5O5S2/c1-20(37-16-15-23-10-6-7-12-27(23)36)30(42)39-31(43)29(48-33-41-40-21(2)47-33)26-14-13-24(35)18-28(26)45-25-11-8-9-22(17-25)19-38-32(44)46-34(3,4)5/h6-14,17-18,20,29,37H,15-16,19H2,1-5H3,(H,38,44)(H,39,42,43). The zero-order chi connectivity index (χ0) is 34.8. The van der Waals surface area contributed by atoms with E-state index < -0.39 is 34.8 Å². The summed E-state index contributed by atoms with van der Waals surface area (Å²) in [5, 5.41) is 16.6. The second-order valence-corrected chi connectivity index (χ2v) is 14.7. The number of hydrogen-bond donors (Lipinski definition) is 3. The van der Waals surface area contributed by atoms with Crippen LogP contribution in [-0.4, -0.2) is 46.3 Å². The largest absolute Gasteiger partial charge is 0.457 e. The molecule has 254 valence electrons. The summed E-state index contributed by atoms with van der Waals surface area (Å²) in [5.41, 5.74) is 1.09. The molecule has 0 aliphatic heterocycles. The molecule has 1 heterocycles. The minimum absolute atomic E-state index is 0.195. The number of hydrogen-bond acceptors (Lipinski definition) is 10. The van der Waals surface area contributed by atoms with E-state index >= 15 is 0 Å². The fourth-order valence-electron chi connectivity index (χ4n) is 4.35. The summed E-state index contributed by atoms with van der Waals surface area (Å²) in [4.78, 5) is 39.1. The van der Waals surface area contributed by atoms with E-state index in [-0.39, 0.29) is 18.1 Å². The molecule has 3 amide bonds. The fraction of sp³-hybridized carbons (Fsp3) is 0.324. The summed E-state index contributed by atoms with van der Waals surface area (Å²) in [6, 6.07) is 17.7. The average Bonchev–Trinajstić information content (AvgIpc) is 3.43. The van der Waals surface area contributed by atoms with Gasteiger partial charge in [0.15, 0.2) is 4.34 Å². The molecule has 14 heteroatoms. The molecule has 3 aromatic carbocycles. The highest BCUT2D eigenvalue weighted by Crippen LogP contribution is 2.43. The van der Waals surface area contributed by atoms with Crippen molar-refractivity contribution in [2.45, 2.75) is 68.8 Å². The molecule has 0 bridgehead atoms. The van der Waals surface area contributed by atoms with E-state index in [4.69, 9.17) is 21.1 Å². The first-order chi connectivity index (χ1) is 22.8. The van der Waals surface area contributed by atoms with Crippen molar-refractivity contribution in [3.05, 3.63) is 99.3 Å². The number of thioether (sulfide) groups is 1. The van der Waals surface area contributed by atoms with Gasteiger partial charge in [-0.3, -0.25) is 14.9 Å². The number of aromatic nitrogens is 2. The molecule has 0 fully saturated rings. The Morgan fingerprint density at radius 2 is 1.79 bits per heavy atom. The van der Waals surface area contributed by atoms with Gasteiger partial charge >= 0.3 is 6.09 Å². The topological polar surface area (TPSA) is 132 Å². The quantitative estimate of drug-likeness (QED) is 0.124. The molecule has 0 aliphatic carbocycles. The van der Waals surface area contributed by atoms with Crippen LogP contribution in [0.4, 0.5) is 9.18 Å². The normalized spacial score (nSPS) is 12.6. The third-order valence-corrected chi connectivity index (χ3v) is 9.02. The van der Waals surface area contributed by atoms with E-state index in [9.17, 15) is 18.8 Å². The van der Waals surface area contributed by atoms with E-state index in [1.54, 1.807) is 89.2 Å². The number of aryl methyl sites for hydroxylation is 1. The second-order valence-electron chi connectivity index (χ2n) is 11.7. The Morgan fingerprint density at radius 1 is 1.02 bits per heavy atom. The third kappa shape index (κ3) is 11.3. The van der Waals surface area contributed by atoms with Crippen LogP contribution in [0.2, 0.25) is 5.02 Å². The molecular formula is C34H37ClFN5O5S2. The number of nitrogens with zero attached hydrogens (tertiary/aromatic N) is 2. The Hall–Kier alpha value is -4.04. The van der Waals surface area contributed by atoms with Crippen LogP contribution in [0, 0.1) is 12.7 Å². The van der Waals surface area contributed by atoms with Crippen molar-refractivity contribution in [1.82, 2.24) is 26.1 Å². The summed E-state index contributed by atoms with van der Waals surface area (Å²) in [6.45, 7) is 9.30. The van der Waals surface area contributed by atoms with Crippen molar-refractivity contribution in [2.75, 3.05) is 6.54 Å². The van der Waals surface area contributed by atoms with Crippen molar-refractivity contribution in [3.8, 4) is 11.5 Å². The van der Waals surface area contributed by atoms with Gasteiger partial charge in [0.25, 0.3) is 0 Å². The molecule has 0 saturated heterocycles. The number of nitrogens with one attached hydrogen (secondary N) is 3. The second kappa shape index (κ2) is 16.9.